The van der Waals surface area contributed by atoms with Gasteiger partial charge in [-0.15, -0.1) is 0 Å². The first-order chi connectivity index (χ1) is 15.1. The van der Waals surface area contributed by atoms with Crippen molar-refractivity contribution in [1.29, 1.82) is 0 Å². The molecule has 0 unspecified atom stereocenters. The smallest absolute Gasteiger partial charge is 0.286 e. The summed E-state index contributed by atoms with van der Waals surface area (Å²) in [5, 5.41) is 2.91. The zero-order chi connectivity index (χ0) is 22.1. The molecule has 2 amide bonds. The Labute approximate surface area is 186 Å². The summed E-state index contributed by atoms with van der Waals surface area (Å²) >= 11 is 0. The Balaban J connectivity index is 1.60. The molecule has 1 fully saturated rings. The molecular weight excluding hydrogens is 390 g/mol. The van der Waals surface area contributed by atoms with E-state index in [-0.39, 0.29) is 11.8 Å². The normalized spacial score (nSPS) is 14.1. The Morgan fingerprint density at radius 2 is 1.94 bits per heavy atom. The van der Waals surface area contributed by atoms with Crippen LogP contribution in [0.25, 0.3) is 0 Å². The second-order valence-electron chi connectivity index (χ2n) is 8.60. The largest absolute Gasteiger partial charge is 0.454 e. The maximum Gasteiger partial charge on any atom is 0.286 e. The summed E-state index contributed by atoms with van der Waals surface area (Å²) in [6.45, 7) is 6.87. The quantitative estimate of drug-likeness (QED) is 0.486. The van der Waals surface area contributed by atoms with Crippen molar-refractivity contribution >= 4 is 11.8 Å². The maximum absolute atomic E-state index is 13.0. The van der Waals surface area contributed by atoms with Crippen molar-refractivity contribution in [2.75, 3.05) is 13.1 Å². The van der Waals surface area contributed by atoms with Gasteiger partial charge < -0.3 is 19.2 Å². The molecule has 2 heterocycles. The summed E-state index contributed by atoms with van der Waals surface area (Å²) in [7, 11) is 0. The van der Waals surface area contributed by atoms with Crippen molar-refractivity contribution in [2.45, 2.75) is 78.3 Å². The topological polar surface area (TPSA) is 67.5 Å². The number of carbonyl (C=O) groups excluding carboxylic acids is 2. The molecule has 31 heavy (non-hydrogen) atoms. The van der Waals surface area contributed by atoms with E-state index in [0.717, 1.165) is 56.5 Å². The molecular formula is C25H37N3O3. The average Bonchev–Trinajstić information content (AvgIpc) is 3.53. The van der Waals surface area contributed by atoms with Crippen LogP contribution < -0.4 is 5.32 Å². The summed E-state index contributed by atoms with van der Waals surface area (Å²) in [6, 6.07) is 7.66. The number of nitrogens with one attached hydrogen (secondary N) is 1. The highest BCUT2D eigenvalue weighted by Crippen LogP contribution is 2.27. The third kappa shape index (κ3) is 6.49. The van der Waals surface area contributed by atoms with Crippen LogP contribution in [0.4, 0.5) is 0 Å². The number of carbonyl (C=O) groups is 2. The minimum Gasteiger partial charge on any atom is -0.454 e. The van der Waals surface area contributed by atoms with E-state index in [1.165, 1.54) is 12.8 Å². The predicted octanol–water partition coefficient (Wildman–Crippen LogP) is 4.98. The number of nitrogens with zero attached hydrogens (tertiary/aromatic N) is 2. The van der Waals surface area contributed by atoms with E-state index in [0.29, 0.717) is 31.3 Å². The van der Waals surface area contributed by atoms with Crippen LogP contribution in [-0.4, -0.2) is 34.4 Å². The monoisotopic (exact) mass is 427 g/mol. The fourth-order valence-corrected chi connectivity index (χ4v) is 4.33. The lowest BCUT2D eigenvalue weighted by Gasteiger charge is -2.26. The molecule has 3 rings (SSSR count). The number of hydrogen-bond donors (Lipinski definition) is 1. The predicted molar refractivity (Wildman–Crippen MR) is 122 cm³/mol. The van der Waals surface area contributed by atoms with Crippen LogP contribution in [0.1, 0.15) is 87.2 Å². The van der Waals surface area contributed by atoms with E-state index in [4.69, 9.17) is 4.42 Å². The Morgan fingerprint density at radius 3 is 2.68 bits per heavy atom. The van der Waals surface area contributed by atoms with Crippen LogP contribution in [0.3, 0.4) is 0 Å². The van der Waals surface area contributed by atoms with Gasteiger partial charge in [-0.05, 0) is 49.9 Å². The van der Waals surface area contributed by atoms with E-state index in [2.05, 4.69) is 29.8 Å². The van der Waals surface area contributed by atoms with Gasteiger partial charge in [-0.1, -0.05) is 39.5 Å². The number of hydrogen-bond acceptors (Lipinski definition) is 3. The third-order valence-corrected chi connectivity index (χ3v) is 6.06. The molecule has 1 aliphatic rings. The van der Waals surface area contributed by atoms with Crippen molar-refractivity contribution in [3.05, 3.63) is 47.7 Å². The molecule has 0 spiro atoms. The Kier molecular flexibility index (Phi) is 8.80. The highest BCUT2D eigenvalue weighted by atomic mass is 16.4. The van der Waals surface area contributed by atoms with Crippen molar-refractivity contribution < 1.29 is 14.0 Å². The summed E-state index contributed by atoms with van der Waals surface area (Å²) in [6.07, 6.45) is 10.6. The summed E-state index contributed by atoms with van der Waals surface area (Å²) in [5.41, 5.74) is 1.08. The molecule has 0 bridgehead atoms. The summed E-state index contributed by atoms with van der Waals surface area (Å²) < 4.78 is 7.90. The lowest BCUT2D eigenvalue weighted by Crippen LogP contribution is -2.36. The minimum absolute atomic E-state index is 0.161. The van der Waals surface area contributed by atoms with Crippen LogP contribution >= 0.6 is 0 Å². The standard InChI is InChI=1S/C25H37N3O3/c1-3-5-8-15-26-24(29)23-14-13-22(31-23)19-27-17-9-12-21(27)18-28(16-4-2)25(30)20-10-6-7-11-20/h9,12-14,17,20H,3-8,10-11,15-16,18-19H2,1-2H3,(H,26,29). The van der Waals surface area contributed by atoms with Gasteiger partial charge in [-0.2, -0.15) is 0 Å². The first-order valence-electron chi connectivity index (χ1n) is 11.9. The second kappa shape index (κ2) is 11.8. The van der Waals surface area contributed by atoms with Gasteiger partial charge in [0.1, 0.15) is 5.76 Å². The van der Waals surface area contributed by atoms with E-state index in [1.807, 2.05) is 23.2 Å². The van der Waals surface area contributed by atoms with Crippen molar-refractivity contribution in [2.24, 2.45) is 5.92 Å². The van der Waals surface area contributed by atoms with Gasteiger partial charge in [-0.3, -0.25) is 9.59 Å². The number of rotatable bonds is 12. The number of furan rings is 1. The zero-order valence-electron chi connectivity index (χ0n) is 19.1. The molecule has 170 valence electrons. The van der Waals surface area contributed by atoms with E-state index in [1.54, 1.807) is 6.07 Å². The van der Waals surface area contributed by atoms with Crippen LogP contribution in [0.5, 0.6) is 0 Å². The minimum atomic E-state index is -0.161. The fraction of sp³-hybridized carbons (Fsp3) is 0.600. The first-order valence-corrected chi connectivity index (χ1v) is 11.9. The van der Waals surface area contributed by atoms with Gasteiger partial charge >= 0.3 is 0 Å². The van der Waals surface area contributed by atoms with Crippen LogP contribution in [0.2, 0.25) is 0 Å². The van der Waals surface area contributed by atoms with Crippen LogP contribution in [0, 0.1) is 5.92 Å². The van der Waals surface area contributed by atoms with Gasteiger partial charge in [-0.25, -0.2) is 0 Å². The molecule has 0 aromatic carbocycles. The molecule has 0 atom stereocenters. The molecule has 1 saturated carbocycles. The molecule has 1 aliphatic carbocycles. The van der Waals surface area contributed by atoms with Crippen molar-refractivity contribution in [1.82, 2.24) is 14.8 Å². The molecule has 0 radical (unpaired) electrons. The lowest BCUT2D eigenvalue weighted by molar-refractivity contribution is -0.136. The SMILES string of the molecule is CCCCCNC(=O)c1ccc(Cn2cccc2CN(CCC)C(=O)C2CCCC2)o1. The summed E-state index contributed by atoms with van der Waals surface area (Å²) in [4.78, 5) is 27.3. The van der Waals surface area contributed by atoms with E-state index in [9.17, 15) is 9.59 Å². The lowest BCUT2D eigenvalue weighted by atomic mass is 10.1. The van der Waals surface area contributed by atoms with Gasteiger partial charge in [0.05, 0.1) is 13.1 Å². The third-order valence-electron chi connectivity index (χ3n) is 6.06. The fourth-order valence-electron chi connectivity index (χ4n) is 4.33. The van der Waals surface area contributed by atoms with Gasteiger partial charge in [0.15, 0.2) is 5.76 Å². The van der Waals surface area contributed by atoms with E-state index < -0.39 is 0 Å². The van der Waals surface area contributed by atoms with Crippen molar-refractivity contribution in [3.63, 3.8) is 0 Å². The number of amides is 2. The van der Waals surface area contributed by atoms with Gasteiger partial charge in [0.2, 0.25) is 5.91 Å². The zero-order valence-corrected chi connectivity index (χ0v) is 19.1. The maximum atomic E-state index is 13.0. The highest BCUT2D eigenvalue weighted by Gasteiger charge is 2.27. The molecule has 2 aromatic rings. The Morgan fingerprint density at radius 1 is 1.13 bits per heavy atom. The average molecular weight is 428 g/mol. The Hall–Kier alpha value is -2.50. The molecule has 1 N–H and O–H groups in total. The summed E-state index contributed by atoms with van der Waals surface area (Å²) in [5.74, 6) is 1.42. The van der Waals surface area contributed by atoms with Crippen LogP contribution in [0.15, 0.2) is 34.9 Å². The molecule has 0 saturated heterocycles. The molecule has 6 heteroatoms. The first kappa shape index (κ1) is 23.2. The number of aromatic nitrogens is 1. The molecule has 2 aromatic heterocycles. The molecule has 6 nitrogen and oxygen atoms in total. The van der Waals surface area contributed by atoms with E-state index >= 15 is 0 Å². The van der Waals surface area contributed by atoms with Gasteiger partial charge in [0, 0.05) is 30.9 Å². The Bertz CT molecular complexity index is 833. The van der Waals surface area contributed by atoms with Crippen LogP contribution in [-0.2, 0) is 17.9 Å². The van der Waals surface area contributed by atoms with Crippen molar-refractivity contribution in [3.8, 4) is 0 Å². The number of unbranched alkanes of at least 4 members (excludes halogenated alkanes) is 2. The highest BCUT2D eigenvalue weighted by molar-refractivity contribution is 5.91. The van der Waals surface area contributed by atoms with Gasteiger partial charge in [0.25, 0.3) is 5.91 Å². The molecule has 0 aliphatic heterocycles. The second-order valence-corrected chi connectivity index (χ2v) is 8.60.